The minimum absolute atomic E-state index is 0.260. The van der Waals surface area contributed by atoms with E-state index in [4.69, 9.17) is 9.47 Å². The lowest BCUT2D eigenvalue weighted by atomic mass is 9.80. The van der Waals surface area contributed by atoms with Crippen molar-refractivity contribution in [3.8, 4) is 11.5 Å². The zero-order valence-electron chi connectivity index (χ0n) is 16.5. The van der Waals surface area contributed by atoms with Gasteiger partial charge in [-0.1, -0.05) is 42.5 Å². The number of carbonyl (C=O) groups is 3. The number of imide groups is 1. The standard InChI is InChI=1S/C22H22N2O6/c1-22(21(27)28)16-15(19(25)23-20(16)26)17(24-22)13-9-6-10-14(29-2)18(13)30-11-12-7-4-3-5-8-12/h3-10,15-17,24H,11H2,1-2H3,(H,27,28)(H,23,25,26). The number of methoxy groups -OCH3 is 1. The van der Waals surface area contributed by atoms with Gasteiger partial charge in [0.1, 0.15) is 12.1 Å². The SMILES string of the molecule is COc1cccc(C2NC(C)(C(=O)O)C3C(=O)NC(=O)C23)c1OCc1ccccc1. The highest BCUT2D eigenvalue weighted by Gasteiger charge is 2.64. The quantitative estimate of drug-likeness (QED) is 0.621. The van der Waals surface area contributed by atoms with Gasteiger partial charge in [-0.2, -0.15) is 0 Å². The van der Waals surface area contributed by atoms with Crippen molar-refractivity contribution >= 4 is 17.8 Å². The van der Waals surface area contributed by atoms with Gasteiger partial charge in [-0.3, -0.25) is 25.0 Å². The van der Waals surface area contributed by atoms with Crippen LogP contribution >= 0.6 is 0 Å². The second-order valence-electron chi connectivity index (χ2n) is 7.64. The summed E-state index contributed by atoms with van der Waals surface area (Å²) in [6.07, 6.45) is 0. The van der Waals surface area contributed by atoms with Gasteiger partial charge in [-0.25, -0.2) is 0 Å². The highest BCUT2D eigenvalue weighted by atomic mass is 16.5. The molecule has 2 amide bonds. The number of benzene rings is 2. The molecule has 156 valence electrons. The van der Waals surface area contributed by atoms with Crippen LogP contribution in [0.25, 0.3) is 0 Å². The molecule has 2 aromatic rings. The van der Waals surface area contributed by atoms with Crippen LogP contribution in [0.2, 0.25) is 0 Å². The summed E-state index contributed by atoms with van der Waals surface area (Å²) in [5.74, 6) is -3.31. The van der Waals surface area contributed by atoms with E-state index in [1.807, 2.05) is 30.3 Å². The molecule has 4 atom stereocenters. The van der Waals surface area contributed by atoms with Crippen LogP contribution in [0.15, 0.2) is 48.5 Å². The lowest BCUT2D eigenvalue weighted by molar-refractivity contribution is -0.148. The second-order valence-corrected chi connectivity index (χ2v) is 7.64. The summed E-state index contributed by atoms with van der Waals surface area (Å²) in [6.45, 7) is 1.69. The Morgan fingerprint density at radius 3 is 2.50 bits per heavy atom. The van der Waals surface area contributed by atoms with Gasteiger partial charge in [-0.15, -0.1) is 0 Å². The largest absolute Gasteiger partial charge is 0.493 e. The Morgan fingerprint density at radius 2 is 1.83 bits per heavy atom. The van der Waals surface area contributed by atoms with Crippen molar-refractivity contribution in [2.45, 2.75) is 25.1 Å². The van der Waals surface area contributed by atoms with Gasteiger partial charge in [0.25, 0.3) is 0 Å². The number of hydrogen-bond donors (Lipinski definition) is 3. The topological polar surface area (TPSA) is 114 Å². The van der Waals surface area contributed by atoms with Gasteiger partial charge < -0.3 is 14.6 Å². The highest BCUT2D eigenvalue weighted by molar-refractivity contribution is 6.09. The van der Waals surface area contributed by atoms with Crippen molar-refractivity contribution in [1.29, 1.82) is 0 Å². The fourth-order valence-corrected chi connectivity index (χ4v) is 4.35. The monoisotopic (exact) mass is 410 g/mol. The summed E-state index contributed by atoms with van der Waals surface area (Å²) in [4.78, 5) is 37.0. The molecule has 0 saturated carbocycles. The Hall–Kier alpha value is -3.39. The zero-order chi connectivity index (χ0) is 21.5. The summed E-state index contributed by atoms with van der Waals surface area (Å²) in [5.41, 5.74) is -0.0865. The molecule has 2 heterocycles. The Bertz CT molecular complexity index is 1010. The van der Waals surface area contributed by atoms with Crippen molar-refractivity contribution in [3.63, 3.8) is 0 Å². The van der Waals surface area contributed by atoms with E-state index in [1.54, 1.807) is 18.2 Å². The van der Waals surface area contributed by atoms with E-state index in [0.29, 0.717) is 17.1 Å². The number of ether oxygens (including phenoxy) is 2. The van der Waals surface area contributed by atoms with Gasteiger partial charge in [0.15, 0.2) is 11.5 Å². The molecule has 2 aliphatic heterocycles. The minimum atomic E-state index is -1.59. The van der Waals surface area contributed by atoms with E-state index in [-0.39, 0.29) is 6.61 Å². The van der Waals surface area contributed by atoms with Crippen LogP contribution in [-0.2, 0) is 21.0 Å². The first-order valence-corrected chi connectivity index (χ1v) is 9.56. The van der Waals surface area contributed by atoms with E-state index in [2.05, 4.69) is 10.6 Å². The molecule has 2 saturated heterocycles. The molecule has 0 radical (unpaired) electrons. The molecule has 4 rings (SSSR count). The molecule has 30 heavy (non-hydrogen) atoms. The van der Waals surface area contributed by atoms with E-state index < -0.39 is 41.2 Å². The summed E-state index contributed by atoms with van der Waals surface area (Å²) >= 11 is 0. The van der Waals surface area contributed by atoms with Crippen molar-refractivity contribution in [2.75, 3.05) is 7.11 Å². The molecule has 8 heteroatoms. The fourth-order valence-electron chi connectivity index (χ4n) is 4.35. The Labute approximate surface area is 173 Å². The molecular formula is C22H22N2O6. The first-order valence-electron chi connectivity index (χ1n) is 9.56. The molecule has 0 bridgehead atoms. The average Bonchev–Trinajstić information content (AvgIpc) is 3.23. The van der Waals surface area contributed by atoms with Crippen LogP contribution in [0.4, 0.5) is 0 Å². The Kier molecular flexibility index (Phi) is 4.95. The molecule has 2 fully saturated rings. The average molecular weight is 410 g/mol. The number of carboxylic acid groups (broad SMARTS) is 1. The molecule has 0 aliphatic carbocycles. The summed E-state index contributed by atoms with van der Waals surface area (Å²) in [6, 6.07) is 14.0. The molecule has 8 nitrogen and oxygen atoms in total. The van der Waals surface area contributed by atoms with Crippen molar-refractivity contribution in [2.24, 2.45) is 11.8 Å². The van der Waals surface area contributed by atoms with Crippen LogP contribution in [-0.4, -0.2) is 35.5 Å². The smallest absolute Gasteiger partial charge is 0.324 e. The van der Waals surface area contributed by atoms with Crippen LogP contribution < -0.4 is 20.1 Å². The maximum Gasteiger partial charge on any atom is 0.324 e. The minimum Gasteiger partial charge on any atom is -0.493 e. The number of carbonyl (C=O) groups excluding carboxylic acids is 2. The van der Waals surface area contributed by atoms with E-state index >= 15 is 0 Å². The van der Waals surface area contributed by atoms with Gasteiger partial charge in [0, 0.05) is 11.6 Å². The fraction of sp³-hybridized carbons (Fsp3) is 0.318. The summed E-state index contributed by atoms with van der Waals surface area (Å²) in [7, 11) is 1.51. The van der Waals surface area contributed by atoms with Crippen LogP contribution in [0.5, 0.6) is 11.5 Å². The third kappa shape index (κ3) is 3.09. The molecule has 3 N–H and O–H groups in total. The van der Waals surface area contributed by atoms with Crippen LogP contribution in [0.1, 0.15) is 24.1 Å². The number of fused-ring (bicyclic) bond motifs is 1. The number of aliphatic carboxylic acids is 1. The van der Waals surface area contributed by atoms with Gasteiger partial charge in [0.2, 0.25) is 11.8 Å². The lowest BCUT2D eigenvalue weighted by Crippen LogP contribution is -2.52. The molecule has 2 aliphatic rings. The first-order chi connectivity index (χ1) is 14.4. The number of carboxylic acids is 1. The number of amides is 2. The van der Waals surface area contributed by atoms with Crippen molar-refractivity contribution in [1.82, 2.24) is 10.6 Å². The molecule has 2 aromatic carbocycles. The predicted octanol–water partition coefficient (Wildman–Crippen LogP) is 1.65. The Morgan fingerprint density at radius 1 is 1.10 bits per heavy atom. The maximum atomic E-state index is 12.6. The lowest BCUT2D eigenvalue weighted by Gasteiger charge is -2.25. The Balaban J connectivity index is 1.75. The highest BCUT2D eigenvalue weighted by Crippen LogP contribution is 2.49. The maximum absolute atomic E-state index is 12.6. The van der Waals surface area contributed by atoms with Crippen molar-refractivity contribution < 1.29 is 29.0 Å². The molecule has 0 spiro atoms. The van der Waals surface area contributed by atoms with Gasteiger partial charge in [0.05, 0.1) is 18.9 Å². The predicted molar refractivity (Wildman–Crippen MR) is 106 cm³/mol. The van der Waals surface area contributed by atoms with Crippen LogP contribution in [0.3, 0.4) is 0 Å². The third-order valence-corrected chi connectivity index (χ3v) is 5.86. The number of hydrogen-bond acceptors (Lipinski definition) is 6. The molecular weight excluding hydrogens is 388 g/mol. The van der Waals surface area contributed by atoms with E-state index in [9.17, 15) is 19.5 Å². The number of nitrogens with one attached hydrogen (secondary N) is 2. The second kappa shape index (κ2) is 7.46. The molecule has 0 aromatic heterocycles. The van der Waals surface area contributed by atoms with Crippen molar-refractivity contribution in [3.05, 3.63) is 59.7 Å². The summed E-state index contributed by atoms with van der Waals surface area (Å²) < 4.78 is 11.5. The zero-order valence-corrected chi connectivity index (χ0v) is 16.5. The number of para-hydroxylation sites is 1. The van der Waals surface area contributed by atoms with Gasteiger partial charge in [-0.05, 0) is 18.6 Å². The first kappa shape index (κ1) is 19.9. The summed E-state index contributed by atoms with van der Waals surface area (Å²) in [5, 5.41) is 15.1. The molecule has 4 unspecified atom stereocenters. The van der Waals surface area contributed by atoms with Gasteiger partial charge >= 0.3 is 5.97 Å². The van der Waals surface area contributed by atoms with Crippen LogP contribution in [0, 0.1) is 11.8 Å². The normalized spacial score (nSPS) is 27.5. The third-order valence-electron chi connectivity index (χ3n) is 5.86. The van der Waals surface area contributed by atoms with E-state index in [0.717, 1.165) is 5.56 Å². The van der Waals surface area contributed by atoms with E-state index in [1.165, 1.54) is 14.0 Å². The number of rotatable bonds is 6.